The highest BCUT2D eigenvalue weighted by Gasteiger charge is 2.20. The summed E-state index contributed by atoms with van der Waals surface area (Å²) >= 11 is 1.31. The molecule has 122 valence electrons. The van der Waals surface area contributed by atoms with E-state index < -0.39 is 0 Å². The van der Waals surface area contributed by atoms with Gasteiger partial charge < -0.3 is 5.73 Å². The molecule has 0 saturated carbocycles. The molecule has 0 bridgehead atoms. The van der Waals surface area contributed by atoms with Gasteiger partial charge in [-0.25, -0.2) is 4.98 Å². The van der Waals surface area contributed by atoms with Crippen LogP contribution < -0.4 is 5.73 Å². The van der Waals surface area contributed by atoms with Crippen molar-refractivity contribution < 1.29 is 9.59 Å². The molecule has 0 aliphatic heterocycles. The van der Waals surface area contributed by atoms with E-state index >= 15 is 0 Å². The van der Waals surface area contributed by atoms with Crippen LogP contribution >= 0.6 is 11.3 Å². The first-order valence-electron chi connectivity index (χ1n) is 7.67. The Balaban J connectivity index is 2.10. The number of fused-ring (bicyclic) bond motifs is 1. The number of benzene rings is 1. The van der Waals surface area contributed by atoms with E-state index in [1.54, 1.807) is 0 Å². The van der Waals surface area contributed by atoms with E-state index in [-0.39, 0.29) is 18.0 Å². The molecule has 0 amide bonds. The number of carbonyl (C=O) groups excluding carboxylic acids is 2. The van der Waals surface area contributed by atoms with Gasteiger partial charge in [0.2, 0.25) is 0 Å². The third-order valence-electron chi connectivity index (χ3n) is 4.21. The van der Waals surface area contributed by atoms with Crippen LogP contribution in [0.5, 0.6) is 0 Å². The number of aromatic nitrogens is 1. The molecule has 2 heterocycles. The monoisotopic (exact) mass is 338 g/mol. The van der Waals surface area contributed by atoms with Gasteiger partial charge in [-0.05, 0) is 25.0 Å². The topological polar surface area (TPSA) is 73.0 Å². The van der Waals surface area contributed by atoms with Crippen LogP contribution in [-0.4, -0.2) is 16.6 Å². The molecule has 0 aliphatic rings. The van der Waals surface area contributed by atoms with E-state index in [0.29, 0.717) is 16.1 Å². The summed E-state index contributed by atoms with van der Waals surface area (Å²) in [5.41, 5.74) is 9.94. The van der Waals surface area contributed by atoms with Gasteiger partial charge in [0.05, 0.1) is 10.6 Å². The lowest BCUT2D eigenvalue weighted by Gasteiger charge is -2.10. The summed E-state index contributed by atoms with van der Waals surface area (Å²) < 4.78 is 0. The number of carbonyl (C=O) groups is 2. The predicted octanol–water partition coefficient (Wildman–Crippen LogP) is 4.12. The number of nitrogens with two attached hydrogens (primary N) is 1. The molecule has 1 aromatic carbocycles. The van der Waals surface area contributed by atoms with Gasteiger partial charge in [-0.2, -0.15) is 0 Å². The molecule has 0 spiro atoms. The summed E-state index contributed by atoms with van der Waals surface area (Å²) in [6.07, 6.45) is 0.273. The quantitative estimate of drug-likeness (QED) is 0.726. The fourth-order valence-electron chi connectivity index (χ4n) is 2.92. The number of ketones is 2. The molecule has 2 aromatic heterocycles. The number of hydrogen-bond donors (Lipinski definition) is 1. The molecule has 3 rings (SSSR count). The average molecular weight is 338 g/mol. The molecule has 0 unspecified atom stereocenters. The first-order valence-corrected chi connectivity index (χ1v) is 8.49. The van der Waals surface area contributed by atoms with Gasteiger partial charge in [0.1, 0.15) is 4.83 Å². The van der Waals surface area contributed by atoms with E-state index in [9.17, 15) is 9.59 Å². The second-order valence-electron chi connectivity index (χ2n) is 5.85. The Labute approximate surface area is 144 Å². The van der Waals surface area contributed by atoms with E-state index in [1.807, 2.05) is 44.2 Å². The molecule has 24 heavy (non-hydrogen) atoms. The highest BCUT2D eigenvalue weighted by Crippen LogP contribution is 2.37. The van der Waals surface area contributed by atoms with Crippen molar-refractivity contribution in [3.05, 3.63) is 57.6 Å². The normalized spacial score (nSPS) is 11.0. The van der Waals surface area contributed by atoms with Crippen LogP contribution in [0, 0.1) is 13.8 Å². The van der Waals surface area contributed by atoms with Crippen LogP contribution in [-0.2, 0) is 6.42 Å². The molecule has 5 heteroatoms. The SMILES string of the molecule is CC(=O)c1sc2nc(C)c(CC(=O)c3ccccc3)c(C)c2c1N. The Kier molecular flexibility index (Phi) is 4.20. The van der Waals surface area contributed by atoms with Gasteiger partial charge in [-0.1, -0.05) is 30.3 Å². The van der Waals surface area contributed by atoms with Crippen molar-refractivity contribution in [2.24, 2.45) is 0 Å². The van der Waals surface area contributed by atoms with Crippen LogP contribution in [0.15, 0.2) is 30.3 Å². The number of nitrogens with zero attached hydrogens (tertiary/aromatic N) is 1. The Hall–Kier alpha value is -2.53. The van der Waals surface area contributed by atoms with Crippen molar-refractivity contribution >= 4 is 38.8 Å². The van der Waals surface area contributed by atoms with Crippen molar-refractivity contribution in [1.82, 2.24) is 4.98 Å². The van der Waals surface area contributed by atoms with Gasteiger partial charge in [0.15, 0.2) is 11.6 Å². The maximum Gasteiger partial charge on any atom is 0.171 e. The van der Waals surface area contributed by atoms with Crippen molar-refractivity contribution in [2.45, 2.75) is 27.2 Å². The van der Waals surface area contributed by atoms with E-state index in [0.717, 1.165) is 27.0 Å². The van der Waals surface area contributed by atoms with Crippen molar-refractivity contribution in [1.29, 1.82) is 0 Å². The standard InChI is InChI=1S/C19H18N2O2S/c1-10-14(9-15(23)13-7-5-4-6-8-13)11(2)21-19-16(10)17(20)18(24-19)12(3)22/h4-8H,9,20H2,1-3H3. The largest absolute Gasteiger partial charge is 0.397 e. The smallest absolute Gasteiger partial charge is 0.171 e. The van der Waals surface area contributed by atoms with Gasteiger partial charge >= 0.3 is 0 Å². The molecule has 0 fully saturated rings. The number of rotatable bonds is 4. The zero-order valence-electron chi connectivity index (χ0n) is 13.8. The molecule has 0 saturated heterocycles. The van der Waals surface area contributed by atoms with Crippen LogP contribution in [0.1, 0.15) is 43.8 Å². The number of pyridine rings is 1. The highest BCUT2D eigenvalue weighted by molar-refractivity contribution is 7.21. The maximum atomic E-state index is 12.5. The Morgan fingerprint density at radius 1 is 1.17 bits per heavy atom. The number of nitrogen functional groups attached to an aromatic ring is 1. The number of aryl methyl sites for hydroxylation is 2. The zero-order valence-corrected chi connectivity index (χ0v) is 14.7. The summed E-state index contributed by atoms with van der Waals surface area (Å²) in [4.78, 5) is 30.1. The Bertz CT molecular complexity index is 959. The average Bonchev–Trinajstić information content (AvgIpc) is 2.89. The lowest BCUT2D eigenvalue weighted by molar-refractivity contribution is 0.0990. The predicted molar refractivity (Wildman–Crippen MR) is 98.0 cm³/mol. The first-order chi connectivity index (χ1) is 11.4. The Morgan fingerprint density at radius 2 is 1.83 bits per heavy atom. The maximum absolute atomic E-state index is 12.5. The Morgan fingerprint density at radius 3 is 2.46 bits per heavy atom. The molecule has 2 N–H and O–H groups in total. The van der Waals surface area contributed by atoms with Crippen LogP contribution in [0.25, 0.3) is 10.2 Å². The molecular weight excluding hydrogens is 320 g/mol. The number of thiophene rings is 1. The third-order valence-corrected chi connectivity index (χ3v) is 5.41. The van der Waals surface area contributed by atoms with Gasteiger partial charge in [-0.3, -0.25) is 9.59 Å². The molecule has 0 aliphatic carbocycles. The molecule has 0 radical (unpaired) electrons. The fourth-order valence-corrected chi connectivity index (χ4v) is 4.02. The second kappa shape index (κ2) is 6.17. The van der Waals surface area contributed by atoms with Gasteiger partial charge in [0.25, 0.3) is 0 Å². The lowest BCUT2D eigenvalue weighted by Crippen LogP contribution is -2.08. The number of Topliss-reactive ketones (excluding diaryl/α,β-unsaturated/α-hetero) is 2. The summed E-state index contributed by atoms with van der Waals surface area (Å²) in [6, 6.07) is 9.21. The summed E-state index contributed by atoms with van der Waals surface area (Å²) in [6.45, 7) is 5.34. The summed E-state index contributed by atoms with van der Waals surface area (Å²) in [5.74, 6) is -0.0157. The van der Waals surface area contributed by atoms with Gasteiger partial charge in [0, 0.05) is 30.0 Å². The number of anilines is 1. The second-order valence-corrected chi connectivity index (χ2v) is 6.85. The molecule has 3 aromatic rings. The molecule has 0 atom stereocenters. The summed E-state index contributed by atoms with van der Waals surface area (Å²) in [7, 11) is 0. The fraction of sp³-hybridized carbons (Fsp3) is 0.211. The van der Waals surface area contributed by atoms with E-state index in [4.69, 9.17) is 5.73 Å². The van der Waals surface area contributed by atoms with Crippen molar-refractivity contribution in [3.63, 3.8) is 0 Å². The van der Waals surface area contributed by atoms with Crippen LogP contribution in [0.4, 0.5) is 5.69 Å². The van der Waals surface area contributed by atoms with E-state index in [1.165, 1.54) is 18.3 Å². The zero-order chi connectivity index (χ0) is 17.4. The minimum absolute atomic E-state index is 0.0449. The van der Waals surface area contributed by atoms with Crippen LogP contribution in [0.3, 0.4) is 0 Å². The lowest BCUT2D eigenvalue weighted by atomic mass is 9.96. The molecule has 4 nitrogen and oxygen atoms in total. The van der Waals surface area contributed by atoms with E-state index in [2.05, 4.69) is 4.98 Å². The minimum Gasteiger partial charge on any atom is -0.397 e. The minimum atomic E-state index is -0.0607. The van der Waals surface area contributed by atoms with Crippen molar-refractivity contribution in [3.8, 4) is 0 Å². The summed E-state index contributed by atoms with van der Waals surface area (Å²) in [5, 5.41) is 0.798. The number of hydrogen-bond acceptors (Lipinski definition) is 5. The van der Waals surface area contributed by atoms with Crippen molar-refractivity contribution in [2.75, 3.05) is 5.73 Å². The van der Waals surface area contributed by atoms with Gasteiger partial charge in [-0.15, -0.1) is 11.3 Å². The molecular formula is C19H18N2O2S. The van der Waals surface area contributed by atoms with Crippen LogP contribution in [0.2, 0.25) is 0 Å². The third kappa shape index (κ3) is 2.71. The first kappa shape index (κ1) is 16.3. The highest BCUT2D eigenvalue weighted by atomic mass is 32.1.